The lowest BCUT2D eigenvalue weighted by Crippen LogP contribution is -2.39. The Bertz CT molecular complexity index is 473. The lowest BCUT2D eigenvalue weighted by Gasteiger charge is -2.32. The molecule has 0 atom stereocenters. The number of nitrogens with zero attached hydrogens (tertiary/aromatic N) is 1. The van der Waals surface area contributed by atoms with E-state index in [9.17, 15) is 9.18 Å². The van der Waals surface area contributed by atoms with Crippen molar-refractivity contribution in [1.29, 1.82) is 0 Å². The fourth-order valence-electron chi connectivity index (χ4n) is 2.61. The molecule has 1 aliphatic heterocycles. The first-order valence-corrected chi connectivity index (χ1v) is 7.80. The van der Waals surface area contributed by atoms with Crippen LogP contribution in [0.5, 0.6) is 0 Å². The van der Waals surface area contributed by atoms with Crippen LogP contribution in [0.15, 0.2) is 22.7 Å². The van der Waals surface area contributed by atoms with Gasteiger partial charge in [-0.2, -0.15) is 0 Å². The van der Waals surface area contributed by atoms with Crippen LogP contribution in [0.25, 0.3) is 0 Å². The summed E-state index contributed by atoms with van der Waals surface area (Å²) in [4.78, 5) is 14.1. The van der Waals surface area contributed by atoms with E-state index in [0.29, 0.717) is 10.4 Å². The van der Waals surface area contributed by atoms with Crippen molar-refractivity contribution in [3.05, 3.63) is 34.1 Å². The van der Waals surface area contributed by atoms with Crippen LogP contribution >= 0.6 is 15.9 Å². The highest BCUT2D eigenvalue weighted by molar-refractivity contribution is 9.10. The molecule has 1 aromatic rings. The number of hydrogen-bond acceptors (Lipinski definition) is 2. The first-order valence-electron chi connectivity index (χ1n) is 7.01. The van der Waals surface area contributed by atoms with E-state index in [2.05, 4.69) is 21.2 Å². The molecule has 1 fully saturated rings. The largest absolute Gasteiger partial charge is 0.339 e. The van der Waals surface area contributed by atoms with E-state index >= 15 is 0 Å². The Morgan fingerprint density at radius 1 is 1.45 bits per heavy atom. The lowest BCUT2D eigenvalue weighted by atomic mass is 9.93. The van der Waals surface area contributed by atoms with Gasteiger partial charge >= 0.3 is 0 Å². The van der Waals surface area contributed by atoms with Crippen molar-refractivity contribution >= 4 is 21.8 Å². The number of benzene rings is 1. The Balaban J connectivity index is 1.96. The van der Waals surface area contributed by atoms with E-state index in [1.807, 2.05) is 7.05 Å². The zero-order chi connectivity index (χ0) is 14.5. The van der Waals surface area contributed by atoms with Crippen LogP contribution in [0.4, 0.5) is 4.39 Å². The summed E-state index contributed by atoms with van der Waals surface area (Å²) in [6.07, 6.45) is 3.15. The first-order chi connectivity index (χ1) is 9.63. The Morgan fingerprint density at radius 2 is 2.15 bits per heavy atom. The molecule has 0 aliphatic carbocycles. The highest BCUT2D eigenvalue weighted by Crippen LogP contribution is 2.24. The van der Waals surface area contributed by atoms with Crippen LogP contribution in [0.3, 0.4) is 0 Å². The van der Waals surface area contributed by atoms with Gasteiger partial charge in [-0.3, -0.25) is 4.79 Å². The van der Waals surface area contributed by atoms with Gasteiger partial charge in [-0.25, -0.2) is 4.39 Å². The Morgan fingerprint density at radius 3 is 2.80 bits per heavy atom. The summed E-state index contributed by atoms with van der Waals surface area (Å²) in [6.45, 7) is 2.46. The highest BCUT2D eigenvalue weighted by atomic mass is 79.9. The number of nitrogens with one attached hydrogen (secondary N) is 1. The van der Waals surface area contributed by atoms with Gasteiger partial charge in [-0.1, -0.05) is 6.07 Å². The molecule has 0 aromatic heterocycles. The van der Waals surface area contributed by atoms with Gasteiger partial charge in [0.2, 0.25) is 0 Å². The number of halogens is 2. The summed E-state index contributed by atoms with van der Waals surface area (Å²) >= 11 is 3.12. The third-order valence-electron chi connectivity index (χ3n) is 3.89. The number of hydrogen-bond donors (Lipinski definition) is 1. The number of carbonyl (C=O) groups is 1. The summed E-state index contributed by atoms with van der Waals surface area (Å²) in [6, 6.07) is 4.85. The molecule has 110 valence electrons. The zero-order valence-corrected chi connectivity index (χ0v) is 13.2. The maximum absolute atomic E-state index is 13.9. The second-order valence-electron chi connectivity index (χ2n) is 5.23. The minimum absolute atomic E-state index is 0.160. The van der Waals surface area contributed by atoms with Crippen molar-refractivity contribution in [1.82, 2.24) is 10.2 Å². The molecule has 1 aliphatic rings. The normalized spacial score (nSPS) is 16.4. The Labute approximate surface area is 127 Å². The number of rotatable bonds is 4. The summed E-state index contributed by atoms with van der Waals surface area (Å²) in [5, 5.41) is 3.15. The van der Waals surface area contributed by atoms with Crippen molar-refractivity contribution in [3.8, 4) is 0 Å². The molecule has 1 N–H and O–H groups in total. The summed E-state index contributed by atoms with van der Waals surface area (Å²) in [5.74, 6) is 0.00419. The van der Waals surface area contributed by atoms with Gasteiger partial charge in [0.1, 0.15) is 5.82 Å². The van der Waals surface area contributed by atoms with Crippen molar-refractivity contribution in [2.75, 3.05) is 26.7 Å². The van der Waals surface area contributed by atoms with Gasteiger partial charge in [-0.05, 0) is 66.8 Å². The molecule has 0 unspecified atom stereocenters. The fraction of sp³-hybridized carbons (Fsp3) is 0.533. The SMILES string of the molecule is CNCCC1CCN(C(=O)c2cccc(Br)c2F)CC1. The molecule has 2 rings (SSSR count). The van der Waals surface area contributed by atoms with Crippen molar-refractivity contribution in [2.24, 2.45) is 5.92 Å². The van der Waals surface area contributed by atoms with Crippen LogP contribution < -0.4 is 5.32 Å². The maximum atomic E-state index is 13.9. The van der Waals surface area contributed by atoms with E-state index < -0.39 is 5.82 Å². The molecule has 1 aromatic carbocycles. The Hall–Kier alpha value is -0.940. The summed E-state index contributed by atoms with van der Waals surface area (Å²) in [7, 11) is 1.95. The molecule has 0 bridgehead atoms. The average Bonchev–Trinajstić information content (AvgIpc) is 2.48. The summed E-state index contributed by atoms with van der Waals surface area (Å²) < 4.78 is 14.3. The summed E-state index contributed by atoms with van der Waals surface area (Å²) in [5.41, 5.74) is 0.160. The zero-order valence-electron chi connectivity index (χ0n) is 11.7. The molecule has 5 heteroatoms. The van der Waals surface area contributed by atoms with E-state index in [0.717, 1.165) is 38.9 Å². The second kappa shape index (κ2) is 7.18. The van der Waals surface area contributed by atoms with Gasteiger partial charge in [0.05, 0.1) is 10.0 Å². The van der Waals surface area contributed by atoms with Gasteiger partial charge in [-0.15, -0.1) is 0 Å². The topological polar surface area (TPSA) is 32.3 Å². The van der Waals surface area contributed by atoms with Crippen LogP contribution in [-0.2, 0) is 0 Å². The molecule has 1 heterocycles. The standard InChI is InChI=1S/C15H20BrFN2O/c1-18-8-5-11-6-9-19(10-7-11)15(20)12-3-2-4-13(16)14(12)17/h2-4,11,18H,5-10H2,1H3. The fourth-order valence-corrected chi connectivity index (χ4v) is 2.98. The number of piperidine rings is 1. The number of carbonyl (C=O) groups excluding carboxylic acids is 1. The maximum Gasteiger partial charge on any atom is 0.256 e. The molecular weight excluding hydrogens is 323 g/mol. The van der Waals surface area contributed by atoms with Crippen molar-refractivity contribution in [2.45, 2.75) is 19.3 Å². The van der Waals surface area contributed by atoms with Crippen LogP contribution in [0, 0.1) is 11.7 Å². The third kappa shape index (κ3) is 3.58. The number of likely N-dealkylation sites (tertiary alicyclic amines) is 1. The van der Waals surface area contributed by atoms with Crippen molar-refractivity contribution in [3.63, 3.8) is 0 Å². The quantitative estimate of drug-likeness (QED) is 0.911. The van der Waals surface area contributed by atoms with Gasteiger partial charge < -0.3 is 10.2 Å². The van der Waals surface area contributed by atoms with Gasteiger partial charge in [0.15, 0.2) is 0 Å². The van der Waals surface area contributed by atoms with Crippen LogP contribution in [-0.4, -0.2) is 37.5 Å². The molecule has 0 saturated carbocycles. The predicted octanol–water partition coefficient (Wildman–Crippen LogP) is 3.05. The lowest BCUT2D eigenvalue weighted by molar-refractivity contribution is 0.0682. The van der Waals surface area contributed by atoms with Crippen molar-refractivity contribution < 1.29 is 9.18 Å². The van der Waals surface area contributed by atoms with E-state index in [-0.39, 0.29) is 11.5 Å². The molecule has 20 heavy (non-hydrogen) atoms. The monoisotopic (exact) mass is 342 g/mol. The van der Waals surface area contributed by atoms with Crippen LogP contribution in [0.1, 0.15) is 29.6 Å². The minimum Gasteiger partial charge on any atom is -0.339 e. The van der Waals surface area contributed by atoms with E-state index in [4.69, 9.17) is 0 Å². The third-order valence-corrected chi connectivity index (χ3v) is 4.50. The smallest absolute Gasteiger partial charge is 0.256 e. The molecule has 0 spiro atoms. The van der Waals surface area contributed by atoms with Gasteiger partial charge in [0.25, 0.3) is 5.91 Å². The Kier molecular flexibility index (Phi) is 5.54. The highest BCUT2D eigenvalue weighted by Gasteiger charge is 2.25. The molecule has 1 saturated heterocycles. The van der Waals surface area contributed by atoms with Gasteiger partial charge in [0, 0.05) is 13.1 Å². The molecule has 3 nitrogen and oxygen atoms in total. The minimum atomic E-state index is -0.463. The molecule has 0 radical (unpaired) electrons. The first kappa shape index (κ1) is 15.4. The second-order valence-corrected chi connectivity index (χ2v) is 6.08. The van der Waals surface area contributed by atoms with E-state index in [1.54, 1.807) is 23.1 Å². The predicted molar refractivity (Wildman–Crippen MR) is 81.3 cm³/mol. The molecule has 1 amide bonds. The van der Waals surface area contributed by atoms with E-state index in [1.165, 1.54) is 0 Å². The molecular formula is C15H20BrFN2O. The van der Waals surface area contributed by atoms with Crippen LogP contribution in [0.2, 0.25) is 0 Å². The average molecular weight is 343 g/mol. The number of amides is 1.